The molecule has 1 fully saturated rings. The minimum absolute atomic E-state index is 0.172. The Labute approximate surface area is 114 Å². The first kappa shape index (κ1) is 12.4. The highest BCUT2D eigenvalue weighted by Crippen LogP contribution is 2.31. The molecule has 2 heteroatoms. The smallest absolute Gasteiger partial charge is 0.108 e. The van der Waals surface area contributed by atoms with Gasteiger partial charge in [-0.3, -0.25) is 4.90 Å². The first-order chi connectivity index (χ1) is 9.34. The van der Waals surface area contributed by atoms with Crippen molar-refractivity contribution in [3.05, 3.63) is 71.8 Å². The van der Waals surface area contributed by atoms with Crippen LogP contribution >= 0.6 is 0 Å². The van der Waals surface area contributed by atoms with Crippen LogP contribution in [-0.2, 0) is 11.3 Å². The van der Waals surface area contributed by atoms with Gasteiger partial charge in [0.1, 0.15) is 6.23 Å². The van der Waals surface area contributed by atoms with Crippen molar-refractivity contribution >= 4 is 0 Å². The summed E-state index contributed by atoms with van der Waals surface area (Å²) in [7, 11) is 0. The third kappa shape index (κ3) is 2.70. The fourth-order valence-corrected chi connectivity index (χ4v) is 2.67. The van der Waals surface area contributed by atoms with Crippen LogP contribution in [0.3, 0.4) is 0 Å². The summed E-state index contributed by atoms with van der Waals surface area (Å²) < 4.78 is 5.83. The number of hydrogen-bond donors (Lipinski definition) is 0. The van der Waals surface area contributed by atoms with Crippen molar-refractivity contribution in [3.8, 4) is 0 Å². The summed E-state index contributed by atoms with van der Waals surface area (Å²) in [5.41, 5.74) is 2.67. The van der Waals surface area contributed by atoms with Crippen molar-refractivity contribution in [2.45, 2.75) is 25.7 Å². The Bertz CT molecular complexity index is 511. The molecule has 2 aromatic rings. The molecule has 2 aromatic carbocycles. The van der Waals surface area contributed by atoms with E-state index in [1.165, 1.54) is 11.1 Å². The molecule has 0 aliphatic carbocycles. The Morgan fingerprint density at radius 1 is 1.00 bits per heavy atom. The second-order valence-corrected chi connectivity index (χ2v) is 5.02. The lowest BCUT2D eigenvalue weighted by Gasteiger charge is -2.26. The fourth-order valence-electron chi connectivity index (χ4n) is 2.67. The van der Waals surface area contributed by atoms with E-state index in [1.807, 2.05) is 0 Å². The van der Waals surface area contributed by atoms with Crippen LogP contribution in [0.2, 0.25) is 0 Å². The van der Waals surface area contributed by atoms with Crippen LogP contribution in [0.5, 0.6) is 0 Å². The average molecular weight is 253 g/mol. The van der Waals surface area contributed by atoms with E-state index in [2.05, 4.69) is 72.5 Å². The summed E-state index contributed by atoms with van der Waals surface area (Å²) >= 11 is 0. The molecule has 0 amide bonds. The van der Waals surface area contributed by atoms with Crippen molar-refractivity contribution in [2.75, 3.05) is 6.61 Å². The van der Waals surface area contributed by atoms with Crippen molar-refractivity contribution in [1.82, 2.24) is 4.90 Å². The fraction of sp³-hybridized carbons (Fsp3) is 0.294. The third-order valence-electron chi connectivity index (χ3n) is 3.75. The monoisotopic (exact) mass is 253 g/mol. The molecule has 1 saturated heterocycles. The van der Waals surface area contributed by atoms with Gasteiger partial charge in [0.15, 0.2) is 0 Å². The number of hydrogen-bond acceptors (Lipinski definition) is 2. The van der Waals surface area contributed by atoms with Crippen LogP contribution in [0.15, 0.2) is 60.7 Å². The zero-order valence-electron chi connectivity index (χ0n) is 11.2. The van der Waals surface area contributed by atoms with Gasteiger partial charge in [-0.25, -0.2) is 0 Å². The summed E-state index contributed by atoms with van der Waals surface area (Å²) in [6, 6.07) is 21.6. The molecule has 1 aliphatic heterocycles. The van der Waals surface area contributed by atoms with Gasteiger partial charge in [0.25, 0.3) is 0 Å². The van der Waals surface area contributed by atoms with Crippen molar-refractivity contribution in [2.24, 2.45) is 0 Å². The minimum atomic E-state index is 0.172. The van der Waals surface area contributed by atoms with Gasteiger partial charge < -0.3 is 4.74 Å². The van der Waals surface area contributed by atoms with Crippen LogP contribution < -0.4 is 0 Å². The van der Waals surface area contributed by atoms with E-state index in [1.54, 1.807) is 0 Å². The Balaban J connectivity index is 1.81. The normalized spacial score (nSPS) is 23.6. The highest BCUT2D eigenvalue weighted by molar-refractivity contribution is 5.21. The zero-order valence-corrected chi connectivity index (χ0v) is 11.2. The summed E-state index contributed by atoms with van der Waals surface area (Å²) in [4.78, 5) is 2.42. The molecule has 0 radical (unpaired) electrons. The highest BCUT2D eigenvalue weighted by atomic mass is 16.5. The van der Waals surface area contributed by atoms with E-state index in [9.17, 15) is 0 Å². The Hall–Kier alpha value is -1.64. The summed E-state index contributed by atoms with van der Waals surface area (Å²) in [5.74, 6) is 0. The maximum Gasteiger partial charge on any atom is 0.108 e. The number of nitrogens with zero attached hydrogens (tertiary/aromatic N) is 1. The lowest BCUT2D eigenvalue weighted by atomic mass is 10.1. The lowest BCUT2D eigenvalue weighted by Crippen LogP contribution is -2.29. The van der Waals surface area contributed by atoms with E-state index < -0.39 is 0 Å². The lowest BCUT2D eigenvalue weighted by molar-refractivity contribution is 0.0419. The predicted molar refractivity (Wildman–Crippen MR) is 76.6 cm³/mol. The molecule has 2 nitrogen and oxygen atoms in total. The first-order valence-electron chi connectivity index (χ1n) is 6.81. The molecular formula is C17H19NO. The quantitative estimate of drug-likeness (QED) is 0.828. The Kier molecular flexibility index (Phi) is 3.62. The molecule has 1 aliphatic rings. The van der Waals surface area contributed by atoms with Gasteiger partial charge in [0, 0.05) is 6.54 Å². The van der Waals surface area contributed by atoms with Crippen molar-refractivity contribution < 1.29 is 4.74 Å². The highest BCUT2D eigenvalue weighted by Gasteiger charge is 2.32. The minimum Gasteiger partial charge on any atom is -0.361 e. The Morgan fingerprint density at radius 3 is 2.32 bits per heavy atom. The second kappa shape index (κ2) is 5.55. The molecule has 1 heterocycles. The maximum absolute atomic E-state index is 5.83. The van der Waals surface area contributed by atoms with E-state index in [-0.39, 0.29) is 6.23 Å². The number of ether oxygens (including phenoxy) is 1. The topological polar surface area (TPSA) is 12.5 Å². The molecule has 0 saturated carbocycles. The van der Waals surface area contributed by atoms with E-state index in [0.29, 0.717) is 6.04 Å². The molecular weight excluding hydrogens is 234 g/mol. The van der Waals surface area contributed by atoms with Gasteiger partial charge >= 0.3 is 0 Å². The number of rotatable bonds is 3. The van der Waals surface area contributed by atoms with E-state index >= 15 is 0 Å². The van der Waals surface area contributed by atoms with Crippen LogP contribution in [0.4, 0.5) is 0 Å². The van der Waals surface area contributed by atoms with Crippen LogP contribution in [0.1, 0.15) is 24.1 Å². The molecule has 98 valence electrons. The molecule has 3 rings (SSSR count). The predicted octanol–water partition coefficient (Wildman–Crippen LogP) is 3.61. The summed E-state index contributed by atoms with van der Waals surface area (Å²) in [5, 5.41) is 0. The summed E-state index contributed by atoms with van der Waals surface area (Å²) in [6.07, 6.45) is 0.172. The van der Waals surface area contributed by atoms with E-state index in [4.69, 9.17) is 4.74 Å². The first-order valence-corrected chi connectivity index (χ1v) is 6.81. The van der Waals surface area contributed by atoms with Crippen LogP contribution in [0.25, 0.3) is 0 Å². The number of benzene rings is 2. The van der Waals surface area contributed by atoms with Gasteiger partial charge in [0.2, 0.25) is 0 Å². The summed E-state index contributed by atoms with van der Waals surface area (Å²) in [6.45, 7) is 3.84. The SMILES string of the molecule is C[C@H]1OC[C@@H](c2ccccc2)N1Cc1ccccc1. The molecule has 19 heavy (non-hydrogen) atoms. The molecule has 0 N–H and O–H groups in total. The van der Waals surface area contributed by atoms with Crippen molar-refractivity contribution in [3.63, 3.8) is 0 Å². The largest absolute Gasteiger partial charge is 0.361 e. The molecule has 0 spiro atoms. The van der Waals surface area contributed by atoms with Crippen LogP contribution in [-0.4, -0.2) is 17.7 Å². The van der Waals surface area contributed by atoms with Gasteiger partial charge in [-0.2, -0.15) is 0 Å². The molecule has 0 aromatic heterocycles. The molecule has 0 unspecified atom stereocenters. The standard InChI is InChI=1S/C17H19NO/c1-14-18(12-15-8-4-2-5-9-15)17(13-19-14)16-10-6-3-7-11-16/h2-11,14,17H,12-13H2,1H3/t14-,17+/m1/s1. The van der Waals surface area contributed by atoms with Crippen molar-refractivity contribution in [1.29, 1.82) is 0 Å². The van der Waals surface area contributed by atoms with Crippen LogP contribution in [0, 0.1) is 0 Å². The van der Waals surface area contributed by atoms with Gasteiger partial charge in [-0.1, -0.05) is 60.7 Å². The van der Waals surface area contributed by atoms with Gasteiger partial charge in [-0.15, -0.1) is 0 Å². The zero-order chi connectivity index (χ0) is 13.1. The van der Waals surface area contributed by atoms with Gasteiger partial charge in [-0.05, 0) is 18.1 Å². The van der Waals surface area contributed by atoms with E-state index in [0.717, 1.165) is 13.2 Å². The average Bonchev–Trinajstić information content (AvgIpc) is 2.82. The Morgan fingerprint density at radius 2 is 1.63 bits per heavy atom. The molecule has 0 bridgehead atoms. The second-order valence-electron chi connectivity index (χ2n) is 5.02. The molecule has 2 atom stereocenters. The third-order valence-corrected chi connectivity index (χ3v) is 3.75. The van der Waals surface area contributed by atoms with Gasteiger partial charge in [0.05, 0.1) is 12.6 Å². The maximum atomic E-state index is 5.83.